The van der Waals surface area contributed by atoms with Gasteiger partial charge in [-0.2, -0.15) is 0 Å². The van der Waals surface area contributed by atoms with E-state index in [-0.39, 0.29) is 5.56 Å². The maximum atomic E-state index is 12.7. The third kappa shape index (κ3) is 2.89. The Hall–Kier alpha value is -2.39. The Morgan fingerprint density at radius 3 is 2.64 bits per heavy atom. The number of hydrogen-bond acceptors (Lipinski definition) is 2. The molecule has 1 aliphatic heterocycles. The predicted molar refractivity (Wildman–Crippen MR) is 104 cm³/mol. The van der Waals surface area contributed by atoms with Gasteiger partial charge in [-0.15, -0.1) is 0 Å². The van der Waals surface area contributed by atoms with E-state index in [2.05, 4.69) is 44.2 Å². The molecule has 0 aliphatic carbocycles. The van der Waals surface area contributed by atoms with Gasteiger partial charge in [0.25, 0.3) is 5.56 Å². The van der Waals surface area contributed by atoms with Crippen LogP contribution in [0.3, 0.4) is 0 Å². The standard InChI is InChI=1S/C21H19ClN2O/c1-13(2)15-5-3-14(4-6-15)11-16-9-10-24-20(16)23-19-12-17(22)7-8-18(19)21(24)25/h3-8,11-13H,9-10H2,1-2H3/b16-11+. The fraction of sp³-hybridized carbons (Fsp3) is 0.238. The summed E-state index contributed by atoms with van der Waals surface area (Å²) in [5.74, 6) is 1.28. The second kappa shape index (κ2) is 6.16. The van der Waals surface area contributed by atoms with E-state index >= 15 is 0 Å². The SMILES string of the molecule is CC(C)c1ccc(/C=C2\CCn3c2nc2cc(Cl)ccc2c3=O)cc1. The Kier molecular flexibility index (Phi) is 3.97. The molecule has 3 nitrogen and oxygen atoms in total. The fourth-order valence-electron chi connectivity index (χ4n) is 3.31. The van der Waals surface area contributed by atoms with Crippen molar-refractivity contribution >= 4 is 34.2 Å². The van der Waals surface area contributed by atoms with Crippen molar-refractivity contribution in [2.45, 2.75) is 32.7 Å². The number of halogens is 1. The monoisotopic (exact) mass is 350 g/mol. The van der Waals surface area contributed by atoms with Crippen molar-refractivity contribution < 1.29 is 0 Å². The first-order valence-electron chi connectivity index (χ1n) is 8.54. The quantitative estimate of drug-likeness (QED) is 0.643. The average molecular weight is 351 g/mol. The van der Waals surface area contributed by atoms with Gasteiger partial charge in [-0.3, -0.25) is 9.36 Å². The lowest BCUT2D eigenvalue weighted by Crippen LogP contribution is -2.20. The van der Waals surface area contributed by atoms with Crippen LogP contribution in [0.4, 0.5) is 0 Å². The summed E-state index contributed by atoms with van der Waals surface area (Å²) in [5, 5.41) is 1.22. The van der Waals surface area contributed by atoms with E-state index < -0.39 is 0 Å². The van der Waals surface area contributed by atoms with Crippen molar-refractivity contribution in [3.63, 3.8) is 0 Å². The lowest BCUT2D eigenvalue weighted by Gasteiger charge is -2.07. The molecule has 4 heteroatoms. The summed E-state index contributed by atoms with van der Waals surface area (Å²) in [6.07, 6.45) is 2.95. The maximum absolute atomic E-state index is 12.7. The van der Waals surface area contributed by atoms with Gasteiger partial charge in [-0.1, -0.05) is 49.7 Å². The van der Waals surface area contributed by atoms with Crippen LogP contribution in [-0.2, 0) is 6.54 Å². The highest BCUT2D eigenvalue weighted by molar-refractivity contribution is 6.31. The number of fused-ring (bicyclic) bond motifs is 2. The van der Waals surface area contributed by atoms with E-state index in [1.54, 1.807) is 22.8 Å². The molecule has 0 amide bonds. The zero-order valence-corrected chi connectivity index (χ0v) is 15.0. The highest BCUT2D eigenvalue weighted by Gasteiger charge is 2.20. The van der Waals surface area contributed by atoms with Gasteiger partial charge in [0.15, 0.2) is 0 Å². The van der Waals surface area contributed by atoms with Gasteiger partial charge in [0.2, 0.25) is 0 Å². The number of aromatic nitrogens is 2. The van der Waals surface area contributed by atoms with Crippen LogP contribution in [-0.4, -0.2) is 9.55 Å². The van der Waals surface area contributed by atoms with Crippen molar-refractivity contribution in [1.82, 2.24) is 9.55 Å². The number of allylic oxidation sites excluding steroid dienone is 1. The first-order chi connectivity index (χ1) is 12.0. The largest absolute Gasteiger partial charge is 0.292 e. The van der Waals surface area contributed by atoms with Crippen LogP contribution in [0.15, 0.2) is 47.3 Å². The summed E-state index contributed by atoms with van der Waals surface area (Å²) in [4.78, 5) is 17.4. The Morgan fingerprint density at radius 1 is 1.16 bits per heavy atom. The lowest BCUT2D eigenvalue weighted by molar-refractivity contribution is 0.725. The van der Waals surface area contributed by atoms with Crippen LogP contribution >= 0.6 is 11.6 Å². The van der Waals surface area contributed by atoms with E-state index in [1.807, 2.05) is 0 Å². The molecule has 126 valence electrons. The average Bonchev–Trinajstić information content (AvgIpc) is 2.98. The molecule has 2 heterocycles. The molecule has 0 fully saturated rings. The zero-order chi connectivity index (χ0) is 17.6. The zero-order valence-electron chi connectivity index (χ0n) is 14.3. The van der Waals surface area contributed by atoms with Crippen LogP contribution in [0.5, 0.6) is 0 Å². The molecule has 0 spiro atoms. The number of rotatable bonds is 2. The Balaban J connectivity index is 1.81. The molecule has 3 aromatic rings. The van der Waals surface area contributed by atoms with E-state index in [0.717, 1.165) is 23.4 Å². The van der Waals surface area contributed by atoms with Crippen LogP contribution < -0.4 is 5.56 Å². The van der Waals surface area contributed by atoms with Gasteiger partial charge in [0, 0.05) is 11.6 Å². The van der Waals surface area contributed by atoms with Crippen molar-refractivity contribution in [3.8, 4) is 0 Å². The van der Waals surface area contributed by atoms with Gasteiger partial charge in [-0.05, 0) is 53.3 Å². The van der Waals surface area contributed by atoms with Gasteiger partial charge < -0.3 is 0 Å². The molecular formula is C21H19ClN2O. The third-order valence-corrected chi connectivity index (χ3v) is 4.99. The second-order valence-corrected chi connectivity index (χ2v) is 7.23. The summed E-state index contributed by atoms with van der Waals surface area (Å²) >= 11 is 6.06. The molecule has 0 N–H and O–H groups in total. The van der Waals surface area contributed by atoms with Crippen molar-refractivity contribution in [1.29, 1.82) is 0 Å². The molecule has 0 saturated carbocycles. The minimum atomic E-state index is 0.00947. The Morgan fingerprint density at radius 2 is 1.92 bits per heavy atom. The van der Waals surface area contributed by atoms with E-state index in [0.29, 0.717) is 28.4 Å². The third-order valence-electron chi connectivity index (χ3n) is 4.75. The van der Waals surface area contributed by atoms with Crippen LogP contribution in [0.1, 0.15) is 43.1 Å². The second-order valence-electron chi connectivity index (χ2n) is 6.79. The van der Waals surface area contributed by atoms with Crippen molar-refractivity contribution in [2.75, 3.05) is 0 Å². The maximum Gasteiger partial charge on any atom is 0.261 e. The van der Waals surface area contributed by atoms with Crippen LogP contribution in [0, 0.1) is 0 Å². The van der Waals surface area contributed by atoms with Crippen molar-refractivity contribution in [3.05, 3.63) is 74.8 Å². The molecule has 1 aliphatic rings. The highest BCUT2D eigenvalue weighted by atomic mass is 35.5. The molecule has 0 saturated heterocycles. The summed E-state index contributed by atoms with van der Waals surface area (Å²) in [5.41, 5.74) is 4.22. The fourth-order valence-corrected chi connectivity index (χ4v) is 3.47. The smallest absolute Gasteiger partial charge is 0.261 e. The van der Waals surface area contributed by atoms with Gasteiger partial charge in [-0.25, -0.2) is 4.98 Å². The first kappa shape index (κ1) is 16.1. The van der Waals surface area contributed by atoms with Crippen LogP contribution in [0.2, 0.25) is 5.02 Å². The predicted octanol–water partition coefficient (Wildman–Crippen LogP) is 5.12. The number of benzene rings is 2. The lowest BCUT2D eigenvalue weighted by atomic mass is 10.0. The highest BCUT2D eigenvalue weighted by Crippen LogP contribution is 2.28. The number of nitrogens with zero attached hydrogens (tertiary/aromatic N) is 2. The van der Waals surface area contributed by atoms with E-state index in [9.17, 15) is 4.79 Å². The molecule has 0 unspecified atom stereocenters. The van der Waals surface area contributed by atoms with Crippen LogP contribution in [0.25, 0.3) is 22.6 Å². The minimum absolute atomic E-state index is 0.00947. The summed E-state index contributed by atoms with van der Waals surface area (Å²) < 4.78 is 1.77. The minimum Gasteiger partial charge on any atom is -0.292 e. The summed E-state index contributed by atoms with van der Waals surface area (Å²) in [6, 6.07) is 13.8. The summed E-state index contributed by atoms with van der Waals surface area (Å²) in [7, 11) is 0. The summed E-state index contributed by atoms with van der Waals surface area (Å²) in [6.45, 7) is 5.05. The Bertz CT molecular complexity index is 1050. The molecule has 2 aromatic carbocycles. The number of hydrogen-bond donors (Lipinski definition) is 0. The molecule has 1 aromatic heterocycles. The van der Waals surface area contributed by atoms with E-state index in [4.69, 9.17) is 16.6 Å². The molecule has 0 radical (unpaired) electrons. The van der Waals surface area contributed by atoms with E-state index in [1.165, 1.54) is 5.56 Å². The topological polar surface area (TPSA) is 34.9 Å². The van der Waals surface area contributed by atoms with Gasteiger partial charge >= 0.3 is 0 Å². The molecule has 4 rings (SSSR count). The van der Waals surface area contributed by atoms with Gasteiger partial charge in [0.05, 0.1) is 10.9 Å². The van der Waals surface area contributed by atoms with Gasteiger partial charge in [0.1, 0.15) is 5.82 Å². The molecule has 25 heavy (non-hydrogen) atoms. The normalized spacial score (nSPS) is 15.3. The molecular weight excluding hydrogens is 332 g/mol. The molecule has 0 atom stereocenters. The molecule has 0 bridgehead atoms. The van der Waals surface area contributed by atoms with Crippen molar-refractivity contribution in [2.24, 2.45) is 0 Å². The first-order valence-corrected chi connectivity index (χ1v) is 8.92. The Labute approximate surface area is 151 Å².